The number of nitrogens with one attached hydrogen (secondary N) is 1. The summed E-state index contributed by atoms with van der Waals surface area (Å²) in [5.41, 5.74) is 0.485. The Morgan fingerprint density at radius 2 is 1.88 bits per heavy atom. The summed E-state index contributed by atoms with van der Waals surface area (Å²) in [6.07, 6.45) is -0.438. The first-order valence-electron chi connectivity index (χ1n) is 7.53. The lowest BCUT2D eigenvalue weighted by atomic mass is 10.2. The quantitative estimate of drug-likeness (QED) is 0.840. The van der Waals surface area contributed by atoms with Crippen molar-refractivity contribution in [2.24, 2.45) is 0 Å². The van der Waals surface area contributed by atoms with Crippen molar-refractivity contribution in [3.63, 3.8) is 0 Å². The Kier molecular flexibility index (Phi) is 6.01. The van der Waals surface area contributed by atoms with Crippen LogP contribution in [0.15, 0.2) is 42.5 Å². The molecule has 6 heteroatoms. The second-order valence-corrected chi connectivity index (χ2v) is 5.00. The van der Waals surface area contributed by atoms with Crippen LogP contribution in [-0.4, -0.2) is 26.2 Å². The van der Waals surface area contributed by atoms with Crippen LogP contribution in [0.5, 0.6) is 17.2 Å². The van der Waals surface area contributed by atoms with Gasteiger partial charge >= 0.3 is 0 Å². The maximum absolute atomic E-state index is 13.7. The normalized spacial score (nSPS) is 11.5. The van der Waals surface area contributed by atoms with Crippen molar-refractivity contribution >= 4 is 11.6 Å². The molecule has 0 unspecified atom stereocenters. The van der Waals surface area contributed by atoms with Crippen LogP contribution in [0.4, 0.5) is 10.1 Å². The minimum atomic E-state index is -0.825. The molecule has 0 saturated carbocycles. The maximum Gasteiger partial charge on any atom is 0.265 e. The molecule has 0 aliphatic carbocycles. The molecule has 0 radical (unpaired) electrons. The van der Waals surface area contributed by atoms with Crippen molar-refractivity contribution in [2.45, 2.75) is 19.4 Å². The van der Waals surface area contributed by atoms with Crippen molar-refractivity contribution in [3.05, 3.63) is 48.3 Å². The standard InChI is InChI=1S/C18H20FNO4/c1-4-15(24-16-8-6-5-7-13(16)19)18(21)20-14-10-9-12(22-2)11-17(14)23-3/h5-11,15H,4H2,1-3H3,(H,20,21)/t15-/m0/s1. The fourth-order valence-corrected chi connectivity index (χ4v) is 2.13. The predicted octanol–water partition coefficient (Wildman–Crippen LogP) is 3.64. The highest BCUT2D eigenvalue weighted by molar-refractivity contribution is 5.95. The van der Waals surface area contributed by atoms with Gasteiger partial charge in [0.2, 0.25) is 0 Å². The molecule has 128 valence electrons. The number of ether oxygens (including phenoxy) is 3. The summed E-state index contributed by atoms with van der Waals surface area (Å²) in [6.45, 7) is 1.79. The van der Waals surface area contributed by atoms with E-state index in [9.17, 15) is 9.18 Å². The third-order valence-electron chi connectivity index (χ3n) is 3.44. The number of methoxy groups -OCH3 is 2. The topological polar surface area (TPSA) is 56.8 Å². The van der Waals surface area contributed by atoms with E-state index in [0.717, 1.165) is 0 Å². The van der Waals surface area contributed by atoms with Crippen LogP contribution >= 0.6 is 0 Å². The first kappa shape index (κ1) is 17.6. The monoisotopic (exact) mass is 333 g/mol. The highest BCUT2D eigenvalue weighted by Gasteiger charge is 2.21. The minimum Gasteiger partial charge on any atom is -0.497 e. The number of anilines is 1. The lowest BCUT2D eigenvalue weighted by molar-refractivity contribution is -0.122. The van der Waals surface area contributed by atoms with Crippen molar-refractivity contribution in [2.75, 3.05) is 19.5 Å². The smallest absolute Gasteiger partial charge is 0.265 e. The van der Waals surface area contributed by atoms with Crippen LogP contribution in [0.3, 0.4) is 0 Å². The molecule has 0 bridgehead atoms. The number of hydrogen-bond donors (Lipinski definition) is 1. The summed E-state index contributed by atoms with van der Waals surface area (Å²) in [6, 6.07) is 11.0. The van der Waals surface area contributed by atoms with Gasteiger partial charge in [0.05, 0.1) is 19.9 Å². The van der Waals surface area contributed by atoms with Gasteiger partial charge in [0.1, 0.15) is 11.5 Å². The van der Waals surface area contributed by atoms with Crippen molar-refractivity contribution in [1.82, 2.24) is 0 Å². The number of rotatable bonds is 7. The number of carbonyl (C=O) groups is 1. The van der Waals surface area contributed by atoms with E-state index in [1.165, 1.54) is 19.2 Å². The molecule has 5 nitrogen and oxygen atoms in total. The van der Waals surface area contributed by atoms with Gasteiger partial charge in [0.15, 0.2) is 17.7 Å². The number of carbonyl (C=O) groups excluding carboxylic acids is 1. The van der Waals surface area contributed by atoms with Crippen molar-refractivity contribution < 1.29 is 23.4 Å². The lowest BCUT2D eigenvalue weighted by Gasteiger charge is -2.18. The molecule has 24 heavy (non-hydrogen) atoms. The van der Waals surface area contributed by atoms with E-state index in [1.807, 2.05) is 0 Å². The van der Waals surface area contributed by atoms with Crippen LogP contribution in [0, 0.1) is 5.82 Å². The number of benzene rings is 2. The van der Waals surface area contributed by atoms with E-state index in [1.54, 1.807) is 44.4 Å². The number of halogens is 1. The van der Waals surface area contributed by atoms with Gasteiger partial charge in [-0.15, -0.1) is 0 Å². The zero-order valence-electron chi connectivity index (χ0n) is 13.8. The molecule has 1 N–H and O–H groups in total. The number of para-hydroxylation sites is 1. The van der Waals surface area contributed by atoms with E-state index in [4.69, 9.17) is 14.2 Å². The first-order chi connectivity index (χ1) is 11.6. The second kappa shape index (κ2) is 8.19. The molecular formula is C18H20FNO4. The van der Waals surface area contributed by atoms with Gasteiger partial charge in [0, 0.05) is 6.07 Å². The average molecular weight is 333 g/mol. The fourth-order valence-electron chi connectivity index (χ4n) is 2.13. The molecule has 0 saturated heterocycles. The molecule has 1 amide bonds. The Hall–Kier alpha value is -2.76. The van der Waals surface area contributed by atoms with Crippen LogP contribution in [0.25, 0.3) is 0 Å². The molecule has 0 aromatic heterocycles. The Balaban J connectivity index is 2.13. The Morgan fingerprint density at radius 3 is 2.50 bits per heavy atom. The zero-order valence-corrected chi connectivity index (χ0v) is 13.8. The molecule has 0 aliphatic heterocycles. The molecule has 1 atom stereocenters. The number of hydrogen-bond acceptors (Lipinski definition) is 4. The summed E-state index contributed by atoms with van der Waals surface area (Å²) in [5, 5.41) is 2.74. The second-order valence-electron chi connectivity index (χ2n) is 5.00. The van der Waals surface area contributed by atoms with Gasteiger partial charge in [-0.2, -0.15) is 0 Å². The van der Waals surface area contributed by atoms with Crippen LogP contribution in [0.1, 0.15) is 13.3 Å². The van der Waals surface area contributed by atoms with Gasteiger partial charge in [-0.05, 0) is 30.7 Å². The van der Waals surface area contributed by atoms with Crippen LogP contribution in [0.2, 0.25) is 0 Å². The van der Waals surface area contributed by atoms with Gasteiger partial charge in [0.25, 0.3) is 5.91 Å². The molecule has 2 aromatic carbocycles. The summed E-state index contributed by atoms with van der Waals surface area (Å²) >= 11 is 0. The largest absolute Gasteiger partial charge is 0.497 e. The van der Waals surface area contributed by atoms with Gasteiger partial charge in [-0.3, -0.25) is 4.79 Å². The van der Waals surface area contributed by atoms with Crippen molar-refractivity contribution in [3.8, 4) is 17.2 Å². The number of amides is 1. The molecule has 0 fully saturated rings. The molecule has 2 rings (SSSR count). The molecular weight excluding hydrogens is 313 g/mol. The Morgan fingerprint density at radius 1 is 1.12 bits per heavy atom. The van der Waals surface area contributed by atoms with E-state index in [-0.39, 0.29) is 11.7 Å². The third-order valence-corrected chi connectivity index (χ3v) is 3.44. The zero-order chi connectivity index (χ0) is 17.5. The molecule has 0 spiro atoms. The first-order valence-corrected chi connectivity index (χ1v) is 7.53. The van der Waals surface area contributed by atoms with Crippen LogP contribution < -0.4 is 19.5 Å². The maximum atomic E-state index is 13.7. The van der Waals surface area contributed by atoms with E-state index < -0.39 is 11.9 Å². The lowest BCUT2D eigenvalue weighted by Crippen LogP contribution is -2.32. The minimum absolute atomic E-state index is 0.0428. The third kappa shape index (κ3) is 4.16. The summed E-state index contributed by atoms with van der Waals surface area (Å²) in [7, 11) is 3.04. The highest BCUT2D eigenvalue weighted by Crippen LogP contribution is 2.29. The predicted molar refractivity (Wildman–Crippen MR) is 89.3 cm³/mol. The Labute approximate surface area is 140 Å². The Bertz CT molecular complexity index is 705. The SMILES string of the molecule is CC[C@H](Oc1ccccc1F)C(=O)Nc1ccc(OC)cc1OC. The molecule has 2 aromatic rings. The van der Waals surface area contributed by atoms with Gasteiger partial charge < -0.3 is 19.5 Å². The molecule has 0 aliphatic rings. The van der Waals surface area contributed by atoms with Gasteiger partial charge in [-0.1, -0.05) is 19.1 Å². The van der Waals surface area contributed by atoms with E-state index >= 15 is 0 Å². The highest BCUT2D eigenvalue weighted by atomic mass is 19.1. The summed E-state index contributed by atoms with van der Waals surface area (Å²) in [5.74, 6) is 0.221. The summed E-state index contributed by atoms with van der Waals surface area (Å²) < 4.78 is 29.5. The van der Waals surface area contributed by atoms with Crippen molar-refractivity contribution in [1.29, 1.82) is 0 Å². The summed E-state index contributed by atoms with van der Waals surface area (Å²) in [4.78, 5) is 12.4. The molecule has 0 heterocycles. The fraction of sp³-hybridized carbons (Fsp3) is 0.278. The average Bonchev–Trinajstić information content (AvgIpc) is 2.61. The van der Waals surface area contributed by atoms with Gasteiger partial charge in [-0.25, -0.2) is 4.39 Å². The van der Waals surface area contributed by atoms with Crippen LogP contribution in [-0.2, 0) is 4.79 Å². The van der Waals surface area contributed by atoms with E-state index in [2.05, 4.69) is 5.32 Å². The van der Waals surface area contributed by atoms with E-state index in [0.29, 0.717) is 23.6 Å².